The van der Waals surface area contributed by atoms with Crippen LogP contribution in [0, 0.1) is 18.3 Å². The van der Waals surface area contributed by atoms with Gasteiger partial charge in [-0.2, -0.15) is 5.26 Å². The van der Waals surface area contributed by atoms with Crippen LogP contribution in [0.2, 0.25) is 0 Å². The molecule has 0 saturated heterocycles. The number of nitriles is 1. The van der Waals surface area contributed by atoms with Crippen molar-refractivity contribution in [3.8, 4) is 6.07 Å². The first-order valence-electron chi connectivity index (χ1n) is 4.34. The smallest absolute Gasteiger partial charge is 0.171 e. The van der Waals surface area contributed by atoms with Crippen molar-refractivity contribution >= 4 is 11.8 Å². The van der Waals surface area contributed by atoms with Crippen LogP contribution in [0.15, 0.2) is 34.8 Å². The van der Waals surface area contributed by atoms with Crippen LogP contribution in [0.5, 0.6) is 0 Å². The van der Waals surface area contributed by atoms with Gasteiger partial charge in [0.05, 0.1) is 5.56 Å². The minimum absolute atomic E-state index is 0.610. The number of aryl methyl sites for hydroxylation is 1. The lowest BCUT2D eigenvalue weighted by Gasteiger charge is -2.02. The van der Waals surface area contributed by atoms with E-state index in [1.165, 1.54) is 11.8 Å². The van der Waals surface area contributed by atoms with E-state index in [4.69, 9.17) is 5.26 Å². The van der Waals surface area contributed by atoms with Crippen LogP contribution < -0.4 is 0 Å². The Morgan fingerprint density at radius 1 is 1.40 bits per heavy atom. The first-order valence-corrected chi connectivity index (χ1v) is 5.16. The molecule has 4 nitrogen and oxygen atoms in total. The summed E-state index contributed by atoms with van der Waals surface area (Å²) in [6.45, 7) is 1.90. The van der Waals surface area contributed by atoms with Crippen molar-refractivity contribution in [3.63, 3.8) is 0 Å². The standard InChI is InChI=1S/C10H8N4S/c1-7-2-3-12-9(8(7)6-11)15-10-13-4-5-14-10/h2-5H,1H3,(H,13,14). The van der Waals surface area contributed by atoms with Crippen LogP contribution in [0.3, 0.4) is 0 Å². The summed E-state index contributed by atoms with van der Waals surface area (Å²) in [6.07, 6.45) is 5.11. The summed E-state index contributed by atoms with van der Waals surface area (Å²) in [5.74, 6) is 0. The number of hydrogen-bond acceptors (Lipinski definition) is 4. The quantitative estimate of drug-likeness (QED) is 0.835. The van der Waals surface area contributed by atoms with Crippen LogP contribution in [-0.4, -0.2) is 15.0 Å². The molecule has 0 aliphatic carbocycles. The van der Waals surface area contributed by atoms with E-state index >= 15 is 0 Å². The van der Waals surface area contributed by atoms with E-state index in [9.17, 15) is 0 Å². The predicted octanol–water partition coefficient (Wildman–Crippen LogP) is 2.14. The number of nitrogens with one attached hydrogen (secondary N) is 1. The van der Waals surface area contributed by atoms with Gasteiger partial charge in [0.1, 0.15) is 11.1 Å². The largest absolute Gasteiger partial charge is 0.339 e. The molecule has 0 unspecified atom stereocenters. The van der Waals surface area contributed by atoms with Crippen molar-refractivity contribution in [3.05, 3.63) is 35.8 Å². The number of hydrogen-bond donors (Lipinski definition) is 1. The molecule has 2 aromatic rings. The summed E-state index contributed by atoms with van der Waals surface area (Å²) in [7, 11) is 0. The molecule has 0 radical (unpaired) electrons. The summed E-state index contributed by atoms with van der Waals surface area (Å²) in [5, 5.41) is 10.4. The Kier molecular flexibility index (Phi) is 2.70. The van der Waals surface area contributed by atoms with E-state index in [0.29, 0.717) is 10.6 Å². The van der Waals surface area contributed by atoms with Crippen molar-refractivity contribution in [2.45, 2.75) is 17.1 Å². The molecule has 0 spiro atoms. The Balaban J connectivity index is 2.37. The molecule has 2 rings (SSSR count). The number of H-pyrrole nitrogens is 1. The Labute approximate surface area is 91.4 Å². The zero-order valence-corrected chi connectivity index (χ0v) is 8.88. The second kappa shape index (κ2) is 4.15. The van der Waals surface area contributed by atoms with Gasteiger partial charge < -0.3 is 4.98 Å². The van der Waals surface area contributed by atoms with Crippen LogP contribution in [0.4, 0.5) is 0 Å². The molecular weight excluding hydrogens is 208 g/mol. The average molecular weight is 216 g/mol. The normalized spacial score (nSPS) is 9.87. The summed E-state index contributed by atoms with van der Waals surface area (Å²) < 4.78 is 0. The number of imidazole rings is 1. The highest BCUT2D eigenvalue weighted by Gasteiger charge is 2.08. The molecule has 0 amide bonds. The van der Waals surface area contributed by atoms with Gasteiger partial charge in [-0.15, -0.1) is 0 Å². The molecule has 0 bridgehead atoms. The number of aromatic amines is 1. The Morgan fingerprint density at radius 2 is 2.27 bits per heavy atom. The lowest BCUT2D eigenvalue weighted by Crippen LogP contribution is -1.90. The molecule has 74 valence electrons. The van der Waals surface area contributed by atoms with E-state index in [1.54, 1.807) is 18.6 Å². The first kappa shape index (κ1) is 9.74. The van der Waals surface area contributed by atoms with Gasteiger partial charge in [-0.05, 0) is 30.3 Å². The third-order valence-corrected chi connectivity index (χ3v) is 2.82. The maximum Gasteiger partial charge on any atom is 0.171 e. The van der Waals surface area contributed by atoms with Crippen LogP contribution >= 0.6 is 11.8 Å². The van der Waals surface area contributed by atoms with Gasteiger partial charge in [0.25, 0.3) is 0 Å². The molecule has 0 saturated carbocycles. The number of nitrogens with zero attached hydrogens (tertiary/aromatic N) is 3. The van der Waals surface area contributed by atoms with Crippen LogP contribution in [0.25, 0.3) is 0 Å². The van der Waals surface area contributed by atoms with E-state index in [2.05, 4.69) is 21.0 Å². The van der Waals surface area contributed by atoms with Crippen molar-refractivity contribution in [1.82, 2.24) is 15.0 Å². The molecule has 2 aromatic heterocycles. The van der Waals surface area contributed by atoms with Gasteiger partial charge in [-0.25, -0.2) is 9.97 Å². The summed E-state index contributed by atoms with van der Waals surface area (Å²) in [5.41, 5.74) is 1.54. The second-order valence-electron chi connectivity index (χ2n) is 2.92. The minimum atomic E-state index is 0.610. The molecule has 0 aliphatic heterocycles. The Bertz CT molecular complexity index is 499. The van der Waals surface area contributed by atoms with Crippen molar-refractivity contribution in [1.29, 1.82) is 5.26 Å². The molecular formula is C10H8N4S. The molecule has 0 aliphatic rings. The lowest BCUT2D eigenvalue weighted by atomic mass is 10.2. The highest BCUT2D eigenvalue weighted by molar-refractivity contribution is 7.99. The minimum Gasteiger partial charge on any atom is -0.339 e. The van der Waals surface area contributed by atoms with E-state index in [1.807, 2.05) is 13.0 Å². The molecule has 1 N–H and O–H groups in total. The maximum absolute atomic E-state index is 8.99. The topological polar surface area (TPSA) is 65.4 Å². The average Bonchev–Trinajstić information content (AvgIpc) is 2.71. The zero-order chi connectivity index (χ0) is 10.7. The number of pyridine rings is 1. The lowest BCUT2D eigenvalue weighted by molar-refractivity contribution is 1.03. The monoisotopic (exact) mass is 216 g/mol. The second-order valence-corrected chi connectivity index (χ2v) is 3.89. The molecule has 0 fully saturated rings. The Hall–Kier alpha value is -1.80. The van der Waals surface area contributed by atoms with Crippen LogP contribution in [0.1, 0.15) is 11.1 Å². The van der Waals surface area contributed by atoms with Gasteiger partial charge in [0, 0.05) is 18.6 Å². The predicted molar refractivity (Wildman–Crippen MR) is 56.4 cm³/mol. The Morgan fingerprint density at radius 3 is 2.93 bits per heavy atom. The fourth-order valence-corrected chi connectivity index (χ4v) is 1.99. The third kappa shape index (κ3) is 2.00. The molecule has 0 aromatic carbocycles. The van der Waals surface area contributed by atoms with Crippen molar-refractivity contribution < 1.29 is 0 Å². The fraction of sp³-hybridized carbons (Fsp3) is 0.100. The first-order chi connectivity index (χ1) is 7.31. The number of aromatic nitrogens is 3. The summed E-state index contributed by atoms with van der Waals surface area (Å²) in [6, 6.07) is 3.98. The van der Waals surface area contributed by atoms with Gasteiger partial charge in [-0.1, -0.05) is 0 Å². The third-order valence-electron chi connectivity index (χ3n) is 1.90. The highest BCUT2D eigenvalue weighted by atomic mass is 32.2. The van der Waals surface area contributed by atoms with Gasteiger partial charge >= 0.3 is 0 Å². The molecule has 15 heavy (non-hydrogen) atoms. The van der Waals surface area contributed by atoms with Gasteiger partial charge in [-0.3, -0.25) is 0 Å². The highest BCUT2D eigenvalue weighted by Crippen LogP contribution is 2.26. The molecule has 0 atom stereocenters. The van der Waals surface area contributed by atoms with Gasteiger partial charge in [0.15, 0.2) is 5.16 Å². The fourth-order valence-electron chi connectivity index (χ4n) is 1.14. The van der Waals surface area contributed by atoms with Crippen molar-refractivity contribution in [2.75, 3.05) is 0 Å². The van der Waals surface area contributed by atoms with Gasteiger partial charge in [0.2, 0.25) is 0 Å². The summed E-state index contributed by atoms with van der Waals surface area (Å²) in [4.78, 5) is 11.2. The number of rotatable bonds is 2. The van der Waals surface area contributed by atoms with Crippen molar-refractivity contribution in [2.24, 2.45) is 0 Å². The maximum atomic E-state index is 8.99. The molecule has 5 heteroatoms. The van der Waals surface area contributed by atoms with Crippen LogP contribution in [-0.2, 0) is 0 Å². The van der Waals surface area contributed by atoms with E-state index in [0.717, 1.165) is 10.7 Å². The SMILES string of the molecule is Cc1ccnc(Sc2ncc[nH]2)c1C#N. The van der Waals surface area contributed by atoms with E-state index in [-0.39, 0.29) is 0 Å². The summed E-state index contributed by atoms with van der Waals surface area (Å²) >= 11 is 1.36. The molecule has 2 heterocycles. The van der Waals surface area contributed by atoms with E-state index < -0.39 is 0 Å². The zero-order valence-electron chi connectivity index (χ0n) is 8.06.